The van der Waals surface area contributed by atoms with Gasteiger partial charge in [0.1, 0.15) is 5.56 Å². The van der Waals surface area contributed by atoms with E-state index in [1.807, 2.05) is 66.7 Å². The van der Waals surface area contributed by atoms with Crippen LogP contribution in [0.4, 0.5) is 11.8 Å². The Hall–Kier alpha value is -3.94. The molecule has 0 saturated carbocycles. The standard InChI is InChI=1S/C28H23Cl2N5O2/c1-37-27(36)23-16-32-28(31-15-18-7-11-21(29)12-8-18)33-26(23)35-17-24(19-5-3-2-4-6-19)25(34-35)20-9-13-22(30)14-10-20/h2-14,16,24H,15,17H2,1H3,(H,31,32,33). The lowest BCUT2D eigenvalue weighted by Gasteiger charge is -2.18. The number of hydrogen-bond acceptors (Lipinski definition) is 7. The first-order valence-electron chi connectivity index (χ1n) is 11.6. The number of hydrogen-bond donors (Lipinski definition) is 1. The summed E-state index contributed by atoms with van der Waals surface area (Å²) >= 11 is 12.1. The van der Waals surface area contributed by atoms with Gasteiger partial charge >= 0.3 is 5.97 Å². The number of methoxy groups -OCH3 is 1. The molecule has 1 aromatic heterocycles. The van der Waals surface area contributed by atoms with Crippen LogP contribution in [0.25, 0.3) is 0 Å². The van der Waals surface area contributed by atoms with Gasteiger partial charge in [-0.3, -0.25) is 0 Å². The van der Waals surface area contributed by atoms with Crippen LogP contribution in [0.3, 0.4) is 0 Å². The van der Waals surface area contributed by atoms with Crippen LogP contribution in [0.15, 0.2) is 90.2 Å². The number of carbonyl (C=O) groups is 1. The lowest BCUT2D eigenvalue weighted by molar-refractivity contribution is 0.0600. The van der Waals surface area contributed by atoms with E-state index >= 15 is 0 Å². The van der Waals surface area contributed by atoms with Crippen molar-refractivity contribution in [2.45, 2.75) is 12.5 Å². The van der Waals surface area contributed by atoms with Crippen molar-refractivity contribution in [2.24, 2.45) is 5.10 Å². The highest BCUT2D eigenvalue weighted by molar-refractivity contribution is 6.31. The Bertz CT molecular complexity index is 1430. The molecule has 1 aliphatic rings. The van der Waals surface area contributed by atoms with Crippen LogP contribution in [-0.2, 0) is 11.3 Å². The summed E-state index contributed by atoms with van der Waals surface area (Å²) in [5.41, 5.74) is 4.14. The Morgan fingerprint density at radius 3 is 2.35 bits per heavy atom. The summed E-state index contributed by atoms with van der Waals surface area (Å²) in [5.74, 6) is 0.147. The SMILES string of the molecule is COC(=O)c1cnc(NCc2ccc(Cl)cc2)nc1N1CC(c2ccccc2)C(c2ccc(Cl)cc2)=N1. The maximum atomic E-state index is 12.6. The van der Waals surface area contributed by atoms with E-state index in [1.165, 1.54) is 13.3 Å². The number of nitrogens with one attached hydrogen (secondary N) is 1. The maximum Gasteiger partial charge on any atom is 0.343 e. The third-order valence-corrected chi connectivity index (χ3v) is 6.54. The minimum absolute atomic E-state index is 0.0479. The fourth-order valence-electron chi connectivity index (χ4n) is 4.15. The van der Waals surface area contributed by atoms with E-state index in [4.69, 9.17) is 33.0 Å². The molecule has 1 aliphatic heterocycles. The largest absolute Gasteiger partial charge is 0.465 e. The number of halogens is 2. The van der Waals surface area contributed by atoms with Gasteiger partial charge in [0.2, 0.25) is 5.95 Å². The number of anilines is 2. The third-order valence-electron chi connectivity index (χ3n) is 6.04. The Balaban J connectivity index is 1.51. The van der Waals surface area contributed by atoms with E-state index < -0.39 is 5.97 Å². The summed E-state index contributed by atoms with van der Waals surface area (Å²) in [6.45, 7) is 0.972. The minimum atomic E-state index is -0.536. The lowest BCUT2D eigenvalue weighted by Crippen LogP contribution is -2.22. The van der Waals surface area contributed by atoms with Crippen molar-refractivity contribution in [1.29, 1.82) is 0 Å². The molecule has 0 saturated heterocycles. The Labute approximate surface area is 224 Å². The van der Waals surface area contributed by atoms with Crippen molar-refractivity contribution in [1.82, 2.24) is 9.97 Å². The molecule has 1 unspecified atom stereocenters. The van der Waals surface area contributed by atoms with Crippen molar-refractivity contribution in [2.75, 3.05) is 24.0 Å². The van der Waals surface area contributed by atoms with E-state index in [9.17, 15) is 4.79 Å². The summed E-state index contributed by atoms with van der Waals surface area (Å²) in [6.07, 6.45) is 1.46. The van der Waals surface area contributed by atoms with Crippen molar-refractivity contribution in [3.8, 4) is 0 Å². The predicted octanol–water partition coefficient (Wildman–Crippen LogP) is 6.19. The van der Waals surface area contributed by atoms with E-state index in [0.717, 1.165) is 22.4 Å². The first kappa shape index (κ1) is 24.7. The highest BCUT2D eigenvalue weighted by Gasteiger charge is 2.33. The third kappa shape index (κ3) is 5.58. The Kier molecular flexibility index (Phi) is 7.35. The monoisotopic (exact) mass is 531 g/mol. The highest BCUT2D eigenvalue weighted by atomic mass is 35.5. The average molecular weight is 532 g/mol. The van der Waals surface area contributed by atoms with Gasteiger partial charge in [0.05, 0.1) is 19.4 Å². The zero-order valence-corrected chi connectivity index (χ0v) is 21.4. The van der Waals surface area contributed by atoms with Gasteiger partial charge in [-0.2, -0.15) is 10.1 Å². The molecule has 0 radical (unpaired) electrons. The second kappa shape index (κ2) is 11.0. The number of carbonyl (C=O) groups excluding carboxylic acids is 1. The molecule has 0 spiro atoms. The molecule has 9 heteroatoms. The van der Waals surface area contributed by atoms with Gasteiger partial charge in [0.15, 0.2) is 5.82 Å². The normalized spacial score (nSPS) is 14.8. The molecule has 0 bridgehead atoms. The van der Waals surface area contributed by atoms with Crippen LogP contribution in [0, 0.1) is 0 Å². The molecule has 7 nitrogen and oxygen atoms in total. The van der Waals surface area contributed by atoms with Gasteiger partial charge in [-0.25, -0.2) is 14.8 Å². The van der Waals surface area contributed by atoms with E-state index in [0.29, 0.717) is 34.9 Å². The molecule has 1 atom stereocenters. The predicted molar refractivity (Wildman–Crippen MR) is 147 cm³/mol. The van der Waals surface area contributed by atoms with Gasteiger partial charge in [-0.05, 0) is 41.0 Å². The van der Waals surface area contributed by atoms with Gasteiger partial charge < -0.3 is 10.1 Å². The number of hydrazone groups is 1. The van der Waals surface area contributed by atoms with Crippen molar-refractivity contribution in [3.05, 3.63) is 117 Å². The molecule has 186 valence electrons. The molecule has 3 aromatic carbocycles. The topological polar surface area (TPSA) is 79.7 Å². The number of aromatic nitrogens is 2. The summed E-state index contributed by atoms with van der Waals surface area (Å²) in [5, 5.41) is 11.2. The van der Waals surface area contributed by atoms with Crippen LogP contribution in [0.1, 0.15) is 33.0 Å². The molecular formula is C28H23Cl2N5O2. The molecule has 1 N–H and O–H groups in total. The Morgan fingerprint density at radius 1 is 1.00 bits per heavy atom. The number of ether oxygens (including phenoxy) is 1. The fraction of sp³-hybridized carbons (Fsp3) is 0.143. The summed E-state index contributed by atoms with van der Waals surface area (Å²) in [4.78, 5) is 21.6. The second-order valence-electron chi connectivity index (χ2n) is 8.44. The van der Waals surface area contributed by atoms with Crippen molar-refractivity contribution < 1.29 is 9.53 Å². The fourth-order valence-corrected chi connectivity index (χ4v) is 4.41. The number of rotatable bonds is 7. The van der Waals surface area contributed by atoms with Crippen LogP contribution < -0.4 is 10.3 Å². The first-order valence-corrected chi connectivity index (χ1v) is 12.4. The van der Waals surface area contributed by atoms with Crippen LogP contribution in [0.5, 0.6) is 0 Å². The Morgan fingerprint density at radius 2 is 1.68 bits per heavy atom. The van der Waals surface area contributed by atoms with Crippen molar-refractivity contribution >= 4 is 46.6 Å². The van der Waals surface area contributed by atoms with Crippen molar-refractivity contribution in [3.63, 3.8) is 0 Å². The zero-order valence-electron chi connectivity index (χ0n) is 19.9. The minimum Gasteiger partial charge on any atom is -0.465 e. The zero-order chi connectivity index (χ0) is 25.8. The van der Waals surface area contributed by atoms with Crippen LogP contribution >= 0.6 is 23.2 Å². The maximum absolute atomic E-state index is 12.6. The van der Waals surface area contributed by atoms with Crippen LogP contribution in [0.2, 0.25) is 10.0 Å². The van der Waals surface area contributed by atoms with Gasteiger partial charge in [0.25, 0.3) is 0 Å². The van der Waals surface area contributed by atoms with E-state index in [1.54, 1.807) is 5.01 Å². The number of nitrogens with zero attached hydrogens (tertiary/aromatic N) is 4. The molecule has 0 aliphatic carbocycles. The first-order chi connectivity index (χ1) is 18.0. The van der Waals surface area contributed by atoms with Gasteiger partial charge in [-0.15, -0.1) is 0 Å². The quantitative estimate of drug-likeness (QED) is 0.286. The highest BCUT2D eigenvalue weighted by Crippen LogP contribution is 2.33. The molecule has 0 amide bonds. The van der Waals surface area contributed by atoms with Crippen LogP contribution in [-0.4, -0.2) is 35.3 Å². The van der Waals surface area contributed by atoms with E-state index in [2.05, 4.69) is 27.4 Å². The molecular weight excluding hydrogens is 509 g/mol. The number of benzene rings is 3. The second-order valence-corrected chi connectivity index (χ2v) is 9.31. The van der Waals surface area contributed by atoms with Gasteiger partial charge in [-0.1, -0.05) is 77.8 Å². The molecule has 5 rings (SSSR count). The molecule has 0 fully saturated rings. The smallest absolute Gasteiger partial charge is 0.343 e. The lowest BCUT2D eigenvalue weighted by atomic mass is 9.91. The van der Waals surface area contributed by atoms with Gasteiger partial charge in [0, 0.05) is 28.7 Å². The van der Waals surface area contributed by atoms with E-state index in [-0.39, 0.29) is 11.5 Å². The number of esters is 1. The summed E-state index contributed by atoms with van der Waals surface area (Å²) in [6, 6.07) is 25.2. The average Bonchev–Trinajstić information content (AvgIpc) is 3.38. The molecule has 4 aromatic rings. The summed E-state index contributed by atoms with van der Waals surface area (Å²) < 4.78 is 5.01. The molecule has 2 heterocycles. The molecule has 37 heavy (non-hydrogen) atoms. The summed E-state index contributed by atoms with van der Waals surface area (Å²) in [7, 11) is 1.33.